The van der Waals surface area contributed by atoms with Crippen molar-refractivity contribution in [3.8, 4) is 0 Å². The van der Waals surface area contributed by atoms with Gasteiger partial charge >= 0.3 is 5.97 Å². The minimum atomic E-state index is -0.731. The predicted molar refractivity (Wildman–Crippen MR) is 76.1 cm³/mol. The van der Waals surface area contributed by atoms with Gasteiger partial charge in [-0.2, -0.15) is 0 Å². The lowest BCUT2D eigenvalue weighted by Gasteiger charge is -2.32. The van der Waals surface area contributed by atoms with Crippen LogP contribution >= 0.6 is 0 Å². The third kappa shape index (κ3) is 5.11. The SMILES string of the molecule is CCCNC(C)(COC1CCCC(C)C1)C(=O)OC. The summed E-state index contributed by atoms with van der Waals surface area (Å²) in [7, 11) is 1.43. The molecule has 0 heterocycles. The van der Waals surface area contributed by atoms with E-state index in [0.717, 1.165) is 31.7 Å². The maximum atomic E-state index is 11.9. The van der Waals surface area contributed by atoms with E-state index < -0.39 is 5.54 Å². The summed E-state index contributed by atoms with van der Waals surface area (Å²) in [5, 5.41) is 3.25. The summed E-state index contributed by atoms with van der Waals surface area (Å²) in [6.07, 6.45) is 6.00. The molecule has 0 aromatic heterocycles. The molecular formula is C15H29NO3. The summed E-state index contributed by atoms with van der Waals surface area (Å²) in [4.78, 5) is 11.9. The summed E-state index contributed by atoms with van der Waals surface area (Å²) in [6.45, 7) is 7.38. The normalized spacial score (nSPS) is 26.7. The topological polar surface area (TPSA) is 47.6 Å². The molecule has 0 saturated heterocycles. The van der Waals surface area contributed by atoms with Gasteiger partial charge in [0.15, 0.2) is 0 Å². The number of esters is 1. The zero-order valence-corrected chi connectivity index (χ0v) is 12.8. The Morgan fingerprint density at radius 1 is 1.42 bits per heavy atom. The van der Waals surface area contributed by atoms with Crippen molar-refractivity contribution >= 4 is 5.97 Å². The van der Waals surface area contributed by atoms with Crippen molar-refractivity contribution < 1.29 is 14.3 Å². The van der Waals surface area contributed by atoms with Gasteiger partial charge in [-0.05, 0) is 38.6 Å². The molecule has 112 valence electrons. The number of hydrogen-bond donors (Lipinski definition) is 1. The van der Waals surface area contributed by atoms with E-state index >= 15 is 0 Å². The summed E-state index contributed by atoms with van der Waals surface area (Å²) in [6, 6.07) is 0. The van der Waals surface area contributed by atoms with Crippen LogP contribution in [0.4, 0.5) is 0 Å². The Morgan fingerprint density at radius 2 is 2.16 bits per heavy atom. The van der Waals surface area contributed by atoms with Gasteiger partial charge in [-0.1, -0.05) is 26.7 Å². The minimum Gasteiger partial charge on any atom is -0.468 e. The van der Waals surface area contributed by atoms with Crippen molar-refractivity contribution in [1.82, 2.24) is 5.32 Å². The maximum absolute atomic E-state index is 11.9. The maximum Gasteiger partial charge on any atom is 0.328 e. The third-order valence-electron chi connectivity index (χ3n) is 3.90. The predicted octanol–water partition coefficient (Wildman–Crippen LogP) is 2.51. The molecule has 1 N–H and O–H groups in total. The second-order valence-corrected chi connectivity index (χ2v) is 5.96. The average Bonchev–Trinajstić information content (AvgIpc) is 2.42. The number of ether oxygens (including phenoxy) is 2. The second kappa shape index (κ2) is 7.85. The molecule has 1 saturated carbocycles. The van der Waals surface area contributed by atoms with E-state index in [0.29, 0.717) is 6.61 Å². The second-order valence-electron chi connectivity index (χ2n) is 5.96. The number of carbonyl (C=O) groups is 1. The van der Waals surface area contributed by atoms with Crippen LogP contribution in [0.2, 0.25) is 0 Å². The van der Waals surface area contributed by atoms with Crippen LogP contribution in [0.1, 0.15) is 52.9 Å². The van der Waals surface area contributed by atoms with Crippen molar-refractivity contribution in [1.29, 1.82) is 0 Å². The third-order valence-corrected chi connectivity index (χ3v) is 3.90. The van der Waals surface area contributed by atoms with Crippen molar-refractivity contribution in [3.63, 3.8) is 0 Å². The lowest BCUT2D eigenvalue weighted by molar-refractivity contribution is -0.152. The van der Waals surface area contributed by atoms with Crippen LogP contribution in [0, 0.1) is 5.92 Å². The first-order chi connectivity index (χ1) is 9.01. The fraction of sp³-hybridized carbons (Fsp3) is 0.933. The molecule has 0 aromatic carbocycles. The minimum absolute atomic E-state index is 0.246. The molecule has 0 radical (unpaired) electrons. The molecule has 19 heavy (non-hydrogen) atoms. The first-order valence-electron chi connectivity index (χ1n) is 7.47. The summed E-state index contributed by atoms with van der Waals surface area (Å²) < 4.78 is 10.9. The fourth-order valence-electron chi connectivity index (χ4n) is 2.62. The lowest BCUT2D eigenvalue weighted by atomic mass is 9.88. The Hall–Kier alpha value is -0.610. The van der Waals surface area contributed by atoms with Crippen LogP contribution in [-0.2, 0) is 14.3 Å². The van der Waals surface area contributed by atoms with Crippen molar-refractivity contribution in [2.45, 2.75) is 64.5 Å². The quantitative estimate of drug-likeness (QED) is 0.723. The van der Waals surface area contributed by atoms with Crippen LogP contribution < -0.4 is 5.32 Å². The molecule has 0 bridgehead atoms. The summed E-state index contributed by atoms with van der Waals surface area (Å²) in [5.74, 6) is 0.483. The summed E-state index contributed by atoms with van der Waals surface area (Å²) in [5.41, 5.74) is -0.731. The largest absolute Gasteiger partial charge is 0.468 e. The molecule has 3 unspecified atom stereocenters. The Morgan fingerprint density at radius 3 is 2.74 bits per heavy atom. The molecule has 1 fully saturated rings. The van der Waals surface area contributed by atoms with Gasteiger partial charge in [0.25, 0.3) is 0 Å². The molecule has 0 aliphatic heterocycles. The highest BCUT2D eigenvalue weighted by Crippen LogP contribution is 2.26. The Bertz CT molecular complexity index is 283. The van der Waals surface area contributed by atoms with Crippen molar-refractivity contribution in [2.24, 2.45) is 5.92 Å². The number of nitrogens with one attached hydrogen (secondary N) is 1. The highest BCUT2D eigenvalue weighted by molar-refractivity contribution is 5.80. The van der Waals surface area contributed by atoms with Crippen LogP contribution in [0.3, 0.4) is 0 Å². The number of hydrogen-bond acceptors (Lipinski definition) is 4. The van der Waals surface area contributed by atoms with Gasteiger partial charge < -0.3 is 14.8 Å². The Kier molecular flexibility index (Phi) is 6.80. The molecule has 0 aromatic rings. The smallest absolute Gasteiger partial charge is 0.328 e. The van der Waals surface area contributed by atoms with Crippen LogP contribution in [0.5, 0.6) is 0 Å². The van der Waals surface area contributed by atoms with E-state index in [1.807, 2.05) is 6.92 Å². The van der Waals surface area contributed by atoms with Crippen molar-refractivity contribution in [2.75, 3.05) is 20.3 Å². The Balaban J connectivity index is 2.49. The molecule has 3 atom stereocenters. The van der Waals surface area contributed by atoms with Gasteiger partial charge in [-0.3, -0.25) is 0 Å². The number of methoxy groups -OCH3 is 1. The van der Waals surface area contributed by atoms with Crippen molar-refractivity contribution in [3.05, 3.63) is 0 Å². The lowest BCUT2D eigenvalue weighted by Crippen LogP contribution is -2.54. The Labute approximate surface area is 117 Å². The van der Waals surface area contributed by atoms with Gasteiger partial charge in [-0.15, -0.1) is 0 Å². The van der Waals surface area contributed by atoms with Gasteiger partial charge in [0.05, 0.1) is 19.8 Å². The molecule has 1 aliphatic rings. The zero-order valence-electron chi connectivity index (χ0n) is 12.8. The fourth-order valence-corrected chi connectivity index (χ4v) is 2.62. The average molecular weight is 271 g/mol. The van der Waals surface area contributed by atoms with E-state index in [4.69, 9.17) is 9.47 Å². The standard InChI is InChI=1S/C15H29NO3/c1-5-9-16-15(3,14(17)18-4)11-19-13-8-6-7-12(2)10-13/h12-13,16H,5-11H2,1-4H3. The highest BCUT2D eigenvalue weighted by atomic mass is 16.5. The first-order valence-corrected chi connectivity index (χ1v) is 7.47. The molecule has 4 heteroatoms. The monoisotopic (exact) mass is 271 g/mol. The van der Waals surface area contributed by atoms with E-state index in [9.17, 15) is 4.79 Å². The molecule has 4 nitrogen and oxygen atoms in total. The van der Waals surface area contributed by atoms with E-state index in [2.05, 4.69) is 19.2 Å². The first kappa shape index (κ1) is 16.4. The molecule has 1 aliphatic carbocycles. The van der Waals surface area contributed by atoms with E-state index in [1.54, 1.807) is 0 Å². The van der Waals surface area contributed by atoms with Gasteiger partial charge in [0.2, 0.25) is 0 Å². The highest BCUT2D eigenvalue weighted by Gasteiger charge is 2.35. The van der Waals surface area contributed by atoms with Gasteiger partial charge in [-0.25, -0.2) is 4.79 Å². The van der Waals surface area contributed by atoms with E-state index in [1.165, 1.54) is 20.0 Å². The molecule has 0 amide bonds. The molecular weight excluding hydrogens is 242 g/mol. The van der Waals surface area contributed by atoms with Crippen LogP contribution in [0.15, 0.2) is 0 Å². The number of carbonyl (C=O) groups excluding carboxylic acids is 1. The molecule has 0 spiro atoms. The molecule has 1 rings (SSSR count). The van der Waals surface area contributed by atoms with Gasteiger partial charge in [0.1, 0.15) is 5.54 Å². The zero-order chi connectivity index (χ0) is 14.3. The van der Waals surface area contributed by atoms with Gasteiger partial charge in [0, 0.05) is 0 Å². The van der Waals surface area contributed by atoms with E-state index in [-0.39, 0.29) is 12.1 Å². The summed E-state index contributed by atoms with van der Waals surface area (Å²) >= 11 is 0. The van der Waals surface area contributed by atoms with Crippen LogP contribution in [0.25, 0.3) is 0 Å². The van der Waals surface area contributed by atoms with Crippen LogP contribution in [-0.4, -0.2) is 37.9 Å². The number of rotatable bonds is 7.